The molecule has 0 aliphatic heterocycles. The van der Waals surface area contributed by atoms with E-state index in [9.17, 15) is 9.90 Å². The molecule has 82 valence electrons. The van der Waals surface area contributed by atoms with Crippen molar-refractivity contribution >= 4 is 17.5 Å². The minimum absolute atomic E-state index is 0.0761. The normalized spacial score (nSPS) is 12.2. The number of aliphatic hydroxyl groups excluding tert-OH is 1. The molecule has 1 unspecified atom stereocenters. The molecule has 4 N–H and O–H groups in total. The van der Waals surface area contributed by atoms with Crippen molar-refractivity contribution in [3.63, 3.8) is 0 Å². The Kier molecular flexibility index (Phi) is 4.55. The van der Waals surface area contributed by atoms with Gasteiger partial charge >= 0.3 is 0 Å². The lowest BCUT2D eigenvalue weighted by molar-refractivity contribution is -0.120. The number of nitrogens with one attached hydrogen (secondary N) is 1. The molecule has 0 bridgehead atoms. The minimum Gasteiger partial charge on any atom is -0.387 e. The predicted molar refractivity (Wildman–Crippen MR) is 58.5 cm³/mol. The Hall–Kier alpha value is -1.10. The van der Waals surface area contributed by atoms with Crippen LogP contribution in [-0.4, -0.2) is 24.1 Å². The van der Waals surface area contributed by atoms with Crippen molar-refractivity contribution < 1.29 is 9.90 Å². The molecule has 0 radical (unpaired) electrons. The zero-order chi connectivity index (χ0) is 11.3. The van der Waals surface area contributed by atoms with Crippen molar-refractivity contribution in [1.29, 1.82) is 0 Å². The minimum atomic E-state index is -0.738. The highest BCUT2D eigenvalue weighted by Gasteiger charge is 2.08. The van der Waals surface area contributed by atoms with E-state index in [4.69, 9.17) is 17.3 Å². The Morgan fingerprint density at radius 2 is 2.07 bits per heavy atom. The van der Waals surface area contributed by atoms with Gasteiger partial charge in [-0.05, 0) is 17.7 Å². The second kappa shape index (κ2) is 5.70. The molecule has 1 aromatic rings. The molecule has 1 atom stereocenters. The number of aliphatic hydroxyl groups is 1. The summed E-state index contributed by atoms with van der Waals surface area (Å²) >= 11 is 5.70. The SMILES string of the molecule is NCC(=O)NCC(O)c1ccc(Cl)cc1. The zero-order valence-corrected chi connectivity index (χ0v) is 8.87. The summed E-state index contributed by atoms with van der Waals surface area (Å²) < 4.78 is 0. The van der Waals surface area contributed by atoms with Crippen LogP contribution in [0.25, 0.3) is 0 Å². The third-order valence-corrected chi connectivity index (χ3v) is 2.18. The van der Waals surface area contributed by atoms with E-state index in [2.05, 4.69) is 5.32 Å². The predicted octanol–water partition coefficient (Wildman–Crippen LogP) is 0.448. The van der Waals surface area contributed by atoms with Gasteiger partial charge in [0, 0.05) is 11.6 Å². The maximum atomic E-state index is 10.8. The smallest absolute Gasteiger partial charge is 0.233 e. The van der Waals surface area contributed by atoms with Gasteiger partial charge in [0.05, 0.1) is 12.6 Å². The second-order valence-corrected chi connectivity index (χ2v) is 3.51. The van der Waals surface area contributed by atoms with E-state index in [0.717, 1.165) is 0 Å². The van der Waals surface area contributed by atoms with Crippen molar-refractivity contribution in [3.8, 4) is 0 Å². The first-order chi connectivity index (χ1) is 7.13. The van der Waals surface area contributed by atoms with E-state index in [1.165, 1.54) is 0 Å². The average molecular weight is 229 g/mol. The first-order valence-electron chi connectivity index (χ1n) is 4.53. The van der Waals surface area contributed by atoms with E-state index in [1.54, 1.807) is 24.3 Å². The lowest BCUT2D eigenvalue weighted by Crippen LogP contribution is -2.33. The Labute approximate surface area is 93.0 Å². The lowest BCUT2D eigenvalue weighted by atomic mass is 10.1. The molecule has 0 aromatic heterocycles. The van der Waals surface area contributed by atoms with Gasteiger partial charge in [0.2, 0.25) is 5.91 Å². The summed E-state index contributed by atoms with van der Waals surface area (Å²) in [5.74, 6) is -0.289. The van der Waals surface area contributed by atoms with Gasteiger partial charge in [0.25, 0.3) is 0 Å². The zero-order valence-electron chi connectivity index (χ0n) is 8.11. The highest BCUT2D eigenvalue weighted by atomic mass is 35.5. The molecule has 0 saturated heterocycles. The van der Waals surface area contributed by atoms with Crippen LogP contribution in [0.5, 0.6) is 0 Å². The number of hydrogen-bond donors (Lipinski definition) is 3. The van der Waals surface area contributed by atoms with E-state index < -0.39 is 6.10 Å². The molecular formula is C10H13ClN2O2. The Morgan fingerprint density at radius 1 is 1.47 bits per heavy atom. The van der Waals surface area contributed by atoms with Gasteiger partial charge in [0.15, 0.2) is 0 Å². The van der Waals surface area contributed by atoms with Crippen LogP contribution in [0.3, 0.4) is 0 Å². The van der Waals surface area contributed by atoms with Gasteiger partial charge < -0.3 is 16.2 Å². The van der Waals surface area contributed by atoms with Crippen molar-refractivity contribution in [2.45, 2.75) is 6.10 Å². The number of benzene rings is 1. The van der Waals surface area contributed by atoms with Gasteiger partial charge in [-0.15, -0.1) is 0 Å². The summed E-state index contributed by atoms with van der Waals surface area (Å²) in [7, 11) is 0. The van der Waals surface area contributed by atoms with Crippen LogP contribution in [0.4, 0.5) is 0 Å². The van der Waals surface area contributed by atoms with Gasteiger partial charge in [-0.2, -0.15) is 0 Å². The Morgan fingerprint density at radius 3 is 2.60 bits per heavy atom. The number of carbonyl (C=O) groups is 1. The highest BCUT2D eigenvalue weighted by Crippen LogP contribution is 2.15. The maximum Gasteiger partial charge on any atom is 0.233 e. The van der Waals surface area contributed by atoms with Crippen LogP contribution in [0, 0.1) is 0 Å². The van der Waals surface area contributed by atoms with Crippen LogP contribution in [0.2, 0.25) is 5.02 Å². The second-order valence-electron chi connectivity index (χ2n) is 3.08. The van der Waals surface area contributed by atoms with Crippen molar-refractivity contribution in [3.05, 3.63) is 34.9 Å². The highest BCUT2D eigenvalue weighted by molar-refractivity contribution is 6.30. The van der Waals surface area contributed by atoms with Crippen LogP contribution >= 0.6 is 11.6 Å². The molecule has 0 fully saturated rings. The van der Waals surface area contributed by atoms with Gasteiger partial charge in [-0.25, -0.2) is 0 Å². The summed E-state index contributed by atoms with van der Waals surface area (Å²) in [5.41, 5.74) is 5.81. The van der Waals surface area contributed by atoms with E-state index >= 15 is 0 Å². The Bertz CT molecular complexity index is 327. The lowest BCUT2D eigenvalue weighted by Gasteiger charge is -2.11. The third kappa shape index (κ3) is 3.87. The molecule has 5 heteroatoms. The van der Waals surface area contributed by atoms with Crippen LogP contribution in [0.1, 0.15) is 11.7 Å². The third-order valence-electron chi connectivity index (χ3n) is 1.93. The van der Waals surface area contributed by atoms with Crippen molar-refractivity contribution in [2.75, 3.05) is 13.1 Å². The Balaban J connectivity index is 2.50. The molecule has 4 nitrogen and oxygen atoms in total. The quantitative estimate of drug-likeness (QED) is 0.701. The fraction of sp³-hybridized carbons (Fsp3) is 0.300. The maximum absolute atomic E-state index is 10.8. The number of carbonyl (C=O) groups excluding carboxylic acids is 1. The standard InChI is InChI=1S/C10H13ClN2O2/c11-8-3-1-7(2-4-8)9(14)6-13-10(15)5-12/h1-4,9,14H,5-6,12H2,(H,13,15). The summed E-state index contributed by atoms with van der Waals surface area (Å²) in [5, 5.41) is 12.8. The molecule has 1 aromatic carbocycles. The van der Waals surface area contributed by atoms with E-state index in [0.29, 0.717) is 10.6 Å². The average Bonchev–Trinajstić information content (AvgIpc) is 2.26. The van der Waals surface area contributed by atoms with Gasteiger partial charge in [-0.3, -0.25) is 4.79 Å². The van der Waals surface area contributed by atoms with E-state index in [-0.39, 0.29) is 19.0 Å². The molecule has 1 amide bonds. The number of halogens is 1. The number of nitrogens with two attached hydrogens (primary N) is 1. The topological polar surface area (TPSA) is 75.4 Å². The molecule has 0 saturated carbocycles. The summed E-state index contributed by atoms with van der Waals surface area (Å²) in [6.07, 6.45) is -0.738. The number of rotatable bonds is 4. The first kappa shape index (κ1) is 12.0. The number of hydrogen-bond acceptors (Lipinski definition) is 3. The molecule has 0 spiro atoms. The summed E-state index contributed by atoms with van der Waals surface area (Å²) in [4.78, 5) is 10.8. The molecule has 1 rings (SSSR count). The first-order valence-corrected chi connectivity index (χ1v) is 4.91. The summed E-state index contributed by atoms with van der Waals surface area (Å²) in [6.45, 7) is 0.0744. The summed E-state index contributed by atoms with van der Waals surface area (Å²) in [6, 6.07) is 6.79. The van der Waals surface area contributed by atoms with Crippen molar-refractivity contribution in [1.82, 2.24) is 5.32 Å². The molecule has 0 aliphatic rings. The fourth-order valence-corrected chi connectivity index (χ4v) is 1.21. The van der Waals surface area contributed by atoms with E-state index in [1.807, 2.05) is 0 Å². The van der Waals surface area contributed by atoms with Gasteiger partial charge in [0.1, 0.15) is 0 Å². The number of amides is 1. The molecule has 15 heavy (non-hydrogen) atoms. The van der Waals surface area contributed by atoms with Crippen LogP contribution < -0.4 is 11.1 Å². The van der Waals surface area contributed by atoms with Crippen molar-refractivity contribution in [2.24, 2.45) is 5.73 Å². The molecule has 0 heterocycles. The fourth-order valence-electron chi connectivity index (χ4n) is 1.09. The molecular weight excluding hydrogens is 216 g/mol. The molecule has 0 aliphatic carbocycles. The largest absolute Gasteiger partial charge is 0.387 e. The van der Waals surface area contributed by atoms with Gasteiger partial charge in [-0.1, -0.05) is 23.7 Å². The monoisotopic (exact) mass is 228 g/mol. The van der Waals surface area contributed by atoms with Crippen LogP contribution in [-0.2, 0) is 4.79 Å². The van der Waals surface area contributed by atoms with Crippen LogP contribution in [0.15, 0.2) is 24.3 Å².